The number of fused-ring (bicyclic) bond motifs is 1. The van der Waals surface area contributed by atoms with E-state index in [2.05, 4.69) is 46.6 Å². The molecule has 1 N–H and O–H groups in total. The molecule has 2 aromatic heterocycles. The highest BCUT2D eigenvalue weighted by molar-refractivity contribution is 7.20. The van der Waals surface area contributed by atoms with E-state index in [-0.39, 0.29) is 11.0 Å². The summed E-state index contributed by atoms with van der Waals surface area (Å²) in [5, 5.41) is 8.65. The van der Waals surface area contributed by atoms with Crippen molar-refractivity contribution in [3.8, 4) is 11.3 Å². The van der Waals surface area contributed by atoms with Gasteiger partial charge >= 0.3 is 0 Å². The predicted octanol–water partition coefficient (Wildman–Crippen LogP) is 3.96. The Bertz CT molecular complexity index is 1170. The smallest absolute Gasteiger partial charge is 0.275 e. The van der Waals surface area contributed by atoms with Gasteiger partial charge in [0.1, 0.15) is 0 Å². The van der Waals surface area contributed by atoms with Gasteiger partial charge in [-0.15, -0.1) is 5.10 Å². The first-order chi connectivity index (χ1) is 13.1. The van der Waals surface area contributed by atoms with Crippen LogP contribution in [0.3, 0.4) is 0 Å². The van der Waals surface area contributed by atoms with Gasteiger partial charge in [-0.05, 0) is 12.0 Å². The molecule has 0 spiro atoms. The van der Waals surface area contributed by atoms with Crippen LogP contribution in [0.1, 0.15) is 18.9 Å². The summed E-state index contributed by atoms with van der Waals surface area (Å²) in [6, 6.07) is 22.1. The van der Waals surface area contributed by atoms with Crippen LogP contribution in [0.2, 0.25) is 0 Å². The number of anilines is 1. The minimum absolute atomic E-state index is 0.104. The van der Waals surface area contributed by atoms with Crippen LogP contribution in [0.5, 0.6) is 0 Å². The van der Waals surface area contributed by atoms with E-state index in [1.165, 1.54) is 27.5 Å². The maximum Gasteiger partial charge on any atom is 0.275 e. The SMILES string of the molecule is C[C@@]1(c2ccccc2)C[C@H]1Nc1nn2c(=O)cc(-c3ccccc3)nc2s1. The van der Waals surface area contributed by atoms with Crippen LogP contribution in [-0.2, 0) is 5.41 Å². The standard InChI is InChI=1S/C21H18N4OS/c1-21(15-10-6-3-7-11-15)13-17(21)23-19-24-25-18(26)12-16(22-20(25)27-19)14-8-4-2-5-9-14/h2-12,17H,13H2,1H3,(H,23,24)/t17-,21+/m1/s1. The van der Waals surface area contributed by atoms with E-state index in [1.807, 2.05) is 36.4 Å². The number of rotatable bonds is 4. The quantitative estimate of drug-likeness (QED) is 0.587. The van der Waals surface area contributed by atoms with Crippen LogP contribution >= 0.6 is 11.3 Å². The van der Waals surface area contributed by atoms with Crippen molar-refractivity contribution in [2.45, 2.75) is 24.8 Å². The molecule has 2 heterocycles. The number of benzene rings is 2. The second-order valence-corrected chi connectivity index (χ2v) is 8.09. The normalized spacial score (nSPS) is 21.3. The average Bonchev–Trinajstić information content (AvgIpc) is 3.17. The Balaban J connectivity index is 1.44. The zero-order valence-corrected chi connectivity index (χ0v) is 15.6. The molecule has 4 aromatic rings. The average molecular weight is 374 g/mol. The van der Waals surface area contributed by atoms with Crippen LogP contribution in [0.15, 0.2) is 71.5 Å². The first-order valence-electron chi connectivity index (χ1n) is 8.92. The molecule has 1 aliphatic carbocycles. The molecule has 0 radical (unpaired) electrons. The molecule has 1 saturated carbocycles. The van der Waals surface area contributed by atoms with Gasteiger partial charge in [0.05, 0.1) is 5.69 Å². The molecule has 0 unspecified atom stereocenters. The van der Waals surface area contributed by atoms with E-state index in [0.29, 0.717) is 16.7 Å². The summed E-state index contributed by atoms with van der Waals surface area (Å²) in [7, 11) is 0. The van der Waals surface area contributed by atoms with Gasteiger partial charge in [-0.2, -0.15) is 4.52 Å². The summed E-state index contributed by atoms with van der Waals surface area (Å²) >= 11 is 1.41. The van der Waals surface area contributed by atoms with Gasteiger partial charge in [-0.25, -0.2) is 4.98 Å². The van der Waals surface area contributed by atoms with Crippen LogP contribution in [0.25, 0.3) is 16.2 Å². The van der Waals surface area contributed by atoms with Gasteiger partial charge in [-0.1, -0.05) is 78.9 Å². The lowest BCUT2D eigenvalue weighted by molar-refractivity contribution is 0.756. The maximum atomic E-state index is 12.5. The number of hydrogen-bond acceptors (Lipinski definition) is 5. The van der Waals surface area contributed by atoms with Crippen LogP contribution in [-0.4, -0.2) is 20.6 Å². The molecule has 1 fully saturated rings. The summed E-state index contributed by atoms with van der Waals surface area (Å²) in [6.07, 6.45) is 1.05. The molecular formula is C21H18N4OS. The monoisotopic (exact) mass is 374 g/mol. The van der Waals surface area contributed by atoms with Gasteiger partial charge in [-0.3, -0.25) is 4.79 Å². The van der Waals surface area contributed by atoms with Crippen molar-refractivity contribution in [2.75, 3.05) is 5.32 Å². The highest BCUT2D eigenvalue weighted by atomic mass is 32.1. The molecule has 27 heavy (non-hydrogen) atoms. The summed E-state index contributed by atoms with van der Waals surface area (Å²) in [6.45, 7) is 2.26. The molecule has 0 bridgehead atoms. The van der Waals surface area contributed by atoms with Crippen molar-refractivity contribution in [3.05, 3.63) is 82.6 Å². The van der Waals surface area contributed by atoms with Gasteiger partial charge in [0.25, 0.3) is 5.56 Å². The first-order valence-corrected chi connectivity index (χ1v) is 9.73. The second kappa shape index (κ2) is 6.03. The largest absolute Gasteiger partial charge is 0.356 e. The molecule has 0 saturated heterocycles. The molecule has 5 nitrogen and oxygen atoms in total. The van der Waals surface area contributed by atoms with Crippen LogP contribution < -0.4 is 10.9 Å². The van der Waals surface area contributed by atoms with Crippen molar-refractivity contribution in [3.63, 3.8) is 0 Å². The number of hydrogen-bond donors (Lipinski definition) is 1. The third kappa shape index (κ3) is 2.82. The van der Waals surface area contributed by atoms with E-state index in [4.69, 9.17) is 0 Å². The van der Waals surface area contributed by atoms with Crippen molar-refractivity contribution >= 4 is 21.4 Å². The molecule has 0 aliphatic heterocycles. The summed E-state index contributed by atoms with van der Waals surface area (Å²) in [5.74, 6) is 0. The molecule has 2 aromatic carbocycles. The fourth-order valence-corrected chi connectivity index (χ4v) is 4.35. The summed E-state index contributed by atoms with van der Waals surface area (Å²) in [4.78, 5) is 17.7. The summed E-state index contributed by atoms with van der Waals surface area (Å²) in [5.41, 5.74) is 2.87. The lowest BCUT2D eigenvalue weighted by Gasteiger charge is -2.11. The lowest BCUT2D eigenvalue weighted by Crippen LogP contribution is -2.16. The maximum absolute atomic E-state index is 12.5. The molecule has 5 rings (SSSR count). The third-order valence-electron chi connectivity index (χ3n) is 5.28. The van der Waals surface area contributed by atoms with Crippen molar-refractivity contribution in [1.82, 2.24) is 14.6 Å². The molecule has 134 valence electrons. The first kappa shape index (κ1) is 16.2. The van der Waals surface area contributed by atoms with E-state index in [0.717, 1.165) is 17.1 Å². The van der Waals surface area contributed by atoms with E-state index in [1.54, 1.807) is 0 Å². The van der Waals surface area contributed by atoms with Gasteiger partial charge < -0.3 is 5.32 Å². The zero-order valence-electron chi connectivity index (χ0n) is 14.8. The Kier molecular flexibility index (Phi) is 3.62. The van der Waals surface area contributed by atoms with E-state index >= 15 is 0 Å². The Labute approximate surface area is 160 Å². The number of nitrogens with one attached hydrogen (secondary N) is 1. The molecular weight excluding hydrogens is 356 g/mol. The molecule has 6 heteroatoms. The summed E-state index contributed by atoms with van der Waals surface area (Å²) < 4.78 is 1.38. The number of nitrogens with zero attached hydrogens (tertiary/aromatic N) is 3. The van der Waals surface area contributed by atoms with Crippen molar-refractivity contribution in [1.29, 1.82) is 0 Å². The molecule has 2 atom stereocenters. The predicted molar refractivity (Wildman–Crippen MR) is 108 cm³/mol. The van der Waals surface area contributed by atoms with E-state index in [9.17, 15) is 4.79 Å². The second-order valence-electron chi connectivity index (χ2n) is 7.13. The van der Waals surface area contributed by atoms with Crippen LogP contribution in [0.4, 0.5) is 5.13 Å². The molecule has 1 aliphatic rings. The molecule has 0 amide bonds. The van der Waals surface area contributed by atoms with Crippen molar-refractivity contribution in [2.24, 2.45) is 0 Å². The minimum atomic E-state index is -0.162. The van der Waals surface area contributed by atoms with E-state index < -0.39 is 0 Å². The Morgan fingerprint density at radius 2 is 1.81 bits per heavy atom. The highest BCUT2D eigenvalue weighted by Gasteiger charge is 2.51. The Morgan fingerprint density at radius 1 is 1.11 bits per heavy atom. The fraction of sp³-hybridized carbons (Fsp3) is 0.190. The van der Waals surface area contributed by atoms with Crippen LogP contribution in [0, 0.1) is 0 Å². The highest BCUT2D eigenvalue weighted by Crippen LogP contribution is 2.49. The Hall–Kier alpha value is -2.99. The lowest BCUT2D eigenvalue weighted by atomic mass is 9.98. The minimum Gasteiger partial charge on any atom is -0.356 e. The zero-order chi connectivity index (χ0) is 18.4. The topological polar surface area (TPSA) is 59.3 Å². The Morgan fingerprint density at radius 3 is 2.56 bits per heavy atom. The van der Waals surface area contributed by atoms with Gasteiger partial charge in [0.2, 0.25) is 10.1 Å². The van der Waals surface area contributed by atoms with Gasteiger partial charge in [0.15, 0.2) is 0 Å². The third-order valence-corrected chi connectivity index (χ3v) is 6.12. The van der Waals surface area contributed by atoms with Crippen molar-refractivity contribution < 1.29 is 0 Å². The number of aromatic nitrogens is 3. The van der Waals surface area contributed by atoms with Gasteiger partial charge in [0, 0.05) is 23.1 Å². The fourth-order valence-electron chi connectivity index (χ4n) is 3.49.